The zero-order chi connectivity index (χ0) is 25.2. The molecule has 1 aromatic heterocycles. The fourth-order valence-electron chi connectivity index (χ4n) is 4.07. The van der Waals surface area contributed by atoms with Crippen molar-refractivity contribution in [2.24, 2.45) is 0 Å². The second kappa shape index (κ2) is 10.4. The minimum absolute atomic E-state index is 0.0607. The predicted octanol–water partition coefficient (Wildman–Crippen LogP) is 5.53. The van der Waals surface area contributed by atoms with Gasteiger partial charge in [0.1, 0.15) is 6.07 Å². The van der Waals surface area contributed by atoms with Crippen molar-refractivity contribution in [2.75, 3.05) is 23.8 Å². The van der Waals surface area contributed by atoms with Gasteiger partial charge >= 0.3 is 0 Å². The van der Waals surface area contributed by atoms with Gasteiger partial charge in [0.15, 0.2) is 5.82 Å². The van der Waals surface area contributed by atoms with Crippen LogP contribution in [0.2, 0.25) is 15.1 Å². The summed E-state index contributed by atoms with van der Waals surface area (Å²) < 4.78 is 20.3. The molecule has 184 valence electrons. The molecule has 0 saturated carbocycles. The third kappa shape index (κ3) is 4.74. The molecule has 1 atom stereocenters. The molecular weight excluding hydrogens is 528 g/mol. The Hall–Kier alpha value is -3.26. The molecule has 0 aliphatic carbocycles. The first kappa shape index (κ1) is 24.4. The van der Waals surface area contributed by atoms with E-state index in [1.807, 2.05) is 18.3 Å². The van der Waals surface area contributed by atoms with Gasteiger partial charge in [-0.1, -0.05) is 40.9 Å². The number of anilines is 3. The van der Waals surface area contributed by atoms with Crippen molar-refractivity contribution in [2.45, 2.75) is 12.5 Å². The minimum atomic E-state index is -0.732. The highest BCUT2D eigenvalue weighted by Gasteiger charge is 2.24. The van der Waals surface area contributed by atoms with Gasteiger partial charge in [0.2, 0.25) is 0 Å². The lowest BCUT2D eigenvalue weighted by molar-refractivity contribution is 0.153. The third-order valence-electron chi connectivity index (χ3n) is 5.84. The van der Waals surface area contributed by atoms with Gasteiger partial charge in [0, 0.05) is 23.5 Å². The van der Waals surface area contributed by atoms with E-state index in [4.69, 9.17) is 39.5 Å². The molecule has 0 bridgehead atoms. The van der Waals surface area contributed by atoms with Crippen molar-refractivity contribution >= 4 is 62.8 Å². The summed E-state index contributed by atoms with van der Waals surface area (Å²) in [5.74, 6) is -0.732. The number of aromatic nitrogens is 1. The summed E-state index contributed by atoms with van der Waals surface area (Å²) in [6, 6.07) is 8.39. The van der Waals surface area contributed by atoms with Crippen molar-refractivity contribution < 1.29 is 9.13 Å². The van der Waals surface area contributed by atoms with Gasteiger partial charge in [-0.25, -0.2) is 4.39 Å². The van der Waals surface area contributed by atoms with Gasteiger partial charge in [-0.15, -0.1) is 0 Å². The number of nitriles is 1. The number of benzene rings is 2. The van der Waals surface area contributed by atoms with E-state index in [1.165, 1.54) is 18.3 Å². The number of nitrogens with zero attached hydrogens (tertiary/aromatic N) is 2. The summed E-state index contributed by atoms with van der Waals surface area (Å²) in [6.07, 6.45) is 6.01. The number of ether oxygens (including phenoxy) is 1. The molecule has 5 rings (SSSR count). The molecule has 2 aliphatic rings. The molecule has 36 heavy (non-hydrogen) atoms. The molecule has 2 aliphatic heterocycles. The van der Waals surface area contributed by atoms with Gasteiger partial charge in [0.25, 0.3) is 0 Å². The fraction of sp³-hybridized carbons (Fsp3) is 0.167. The molecule has 12 heteroatoms. The lowest BCUT2D eigenvalue weighted by Gasteiger charge is -2.26. The second-order valence-electron chi connectivity index (χ2n) is 8.04. The van der Waals surface area contributed by atoms with Crippen LogP contribution in [0.4, 0.5) is 21.5 Å². The van der Waals surface area contributed by atoms with Gasteiger partial charge < -0.3 is 26.2 Å². The number of hydrogen-bond donors (Lipinski definition) is 5. The maximum atomic E-state index is 14.8. The average molecular weight is 547 g/mol. The first-order valence-corrected chi connectivity index (χ1v) is 12.0. The van der Waals surface area contributed by atoms with E-state index in [-0.39, 0.29) is 27.3 Å². The van der Waals surface area contributed by atoms with Gasteiger partial charge in [0.05, 0.1) is 62.5 Å². The van der Waals surface area contributed by atoms with E-state index in [0.29, 0.717) is 40.5 Å². The summed E-state index contributed by atoms with van der Waals surface area (Å²) in [5.41, 5.74) is 12.6. The number of halogens is 4. The van der Waals surface area contributed by atoms with Gasteiger partial charge in [-0.05, 0) is 36.3 Å². The Labute approximate surface area is 221 Å². The van der Waals surface area contributed by atoms with Crippen LogP contribution in [0.25, 0.3) is 10.9 Å². The van der Waals surface area contributed by atoms with Crippen molar-refractivity contribution in [1.29, 1.82) is 5.26 Å². The summed E-state index contributed by atoms with van der Waals surface area (Å²) in [5, 5.41) is 17.0. The topological polar surface area (TPSA) is 106 Å². The van der Waals surface area contributed by atoms with Crippen molar-refractivity contribution in [3.05, 3.63) is 80.5 Å². The SMILES string of the molecule is N#Cc1cnc2c(Cl)cc(N[C@@H](C3=CCOCC3)C3=CNNN3)cc2c1Nc1ccc(Cl)c(Cl)c1F. The molecule has 8 nitrogen and oxygen atoms in total. The number of rotatable bonds is 6. The lowest BCUT2D eigenvalue weighted by Crippen LogP contribution is -2.38. The van der Waals surface area contributed by atoms with Crippen molar-refractivity contribution in [3.63, 3.8) is 0 Å². The van der Waals surface area contributed by atoms with Crippen LogP contribution in [0.1, 0.15) is 12.0 Å². The maximum absolute atomic E-state index is 14.8. The normalized spacial score (nSPS) is 15.9. The Morgan fingerprint density at radius 3 is 2.78 bits per heavy atom. The molecule has 0 radical (unpaired) electrons. The molecule has 5 N–H and O–H groups in total. The maximum Gasteiger partial charge on any atom is 0.166 e. The van der Waals surface area contributed by atoms with Crippen LogP contribution in [0, 0.1) is 17.1 Å². The number of fused-ring (bicyclic) bond motifs is 1. The number of hydrogen-bond acceptors (Lipinski definition) is 8. The van der Waals surface area contributed by atoms with Crippen LogP contribution >= 0.6 is 34.8 Å². The largest absolute Gasteiger partial charge is 0.377 e. The lowest BCUT2D eigenvalue weighted by atomic mass is 9.99. The monoisotopic (exact) mass is 545 g/mol. The highest BCUT2D eigenvalue weighted by Crippen LogP contribution is 2.38. The Morgan fingerprint density at radius 2 is 2.06 bits per heavy atom. The van der Waals surface area contributed by atoms with E-state index in [9.17, 15) is 9.65 Å². The van der Waals surface area contributed by atoms with Crippen LogP contribution in [0.3, 0.4) is 0 Å². The van der Waals surface area contributed by atoms with Crippen LogP contribution in [0.5, 0.6) is 0 Å². The molecule has 3 heterocycles. The molecule has 0 unspecified atom stereocenters. The number of hydrazine groups is 2. The van der Waals surface area contributed by atoms with E-state index in [2.05, 4.69) is 38.1 Å². The third-order valence-corrected chi connectivity index (χ3v) is 6.91. The molecule has 2 aromatic carbocycles. The Kier molecular flexibility index (Phi) is 7.05. The minimum Gasteiger partial charge on any atom is -0.377 e. The van der Waals surface area contributed by atoms with Gasteiger partial charge in [-0.3, -0.25) is 4.98 Å². The zero-order valence-electron chi connectivity index (χ0n) is 18.6. The first-order valence-electron chi connectivity index (χ1n) is 10.9. The highest BCUT2D eigenvalue weighted by atomic mass is 35.5. The standard InChI is InChI=1S/C24H19Cl3FN7O/c25-16-1-2-18(21(28)20(16)27)33-22-13(9-29)10-30-24-15(22)7-14(8-17(24)26)32-23(19-11-31-35-34-19)12-3-5-36-6-4-12/h1-3,7-8,10-11,23,31-32,34-35H,4-6H2,(H,30,33)/t23-/m0/s1. The molecular formula is C24H19Cl3FN7O. The summed E-state index contributed by atoms with van der Waals surface area (Å²) in [7, 11) is 0. The summed E-state index contributed by atoms with van der Waals surface area (Å²) >= 11 is 18.5. The second-order valence-corrected chi connectivity index (χ2v) is 9.23. The van der Waals surface area contributed by atoms with Crippen LogP contribution in [-0.4, -0.2) is 24.2 Å². The Morgan fingerprint density at radius 1 is 1.19 bits per heavy atom. The fourth-order valence-corrected chi connectivity index (χ4v) is 4.65. The molecule has 3 aromatic rings. The average Bonchev–Trinajstić information content (AvgIpc) is 3.43. The van der Waals surface area contributed by atoms with E-state index in [0.717, 1.165) is 17.7 Å². The zero-order valence-corrected chi connectivity index (χ0v) is 20.8. The first-order chi connectivity index (χ1) is 17.5. The van der Waals surface area contributed by atoms with Crippen molar-refractivity contribution in [1.82, 2.24) is 21.4 Å². The van der Waals surface area contributed by atoms with E-state index >= 15 is 0 Å². The Balaban J connectivity index is 1.59. The van der Waals surface area contributed by atoms with E-state index in [1.54, 1.807) is 6.07 Å². The molecule has 0 fully saturated rings. The molecule has 0 amide bonds. The molecule has 0 spiro atoms. The van der Waals surface area contributed by atoms with Crippen LogP contribution in [0.15, 0.2) is 54.0 Å². The van der Waals surface area contributed by atoms with Gasteiger partial charge in [-0.2, -0.15) is 10.8 Å². The Bertz CT molecular complexity index is 1450. The highest BCUT2D eigenvalue weighted by molar-refractivity contribution is 6.42. The summed E-state index contributed by atoms with van der Waals surface area (Å²) in [6.45, 7) is 1.15. The predicted molar refractivity (Wildman–Crippen MR) is 140 cm³/mol. The van der Waals surface area contributed by atoms with Crippen LogP contribution < -0.4 is 27.0 Å². The number of nitrogens with one attached hydrogen (secondary N) is 5. The van der Waals surface area contributed by atoms with Crippen molar-refractivity contribution in [3.8, 4) is 6.07 Å². The molecule has 0 saturated heterocycles. The van der Waals surface area contributed by atoms with Crippen LogP contribution in [-0.2, 0) is 4.74 Å². The summed E-state index contributed by atoms with van der Waals surface area (Å²) in [4.78, 5) is 4.36. The quantitative estimate of drug-likeness (QED) is 0.203. The number of pyridine rings is 1. The smallest absolute Gasteiger partial charge is 0.166 e. The van der Waals surface area contributed by atoms with E-state index < -0.39 is 5.82 Å².